The lowest BCUT2D eigenvalue weighted by atomic mass is 10.2. The number of ether oxygens (including phenoxy) is 2. The van der Waals surface area contributed by atoms with E-state index in [0.29, 0.717) is 23.8 Å². The van der Waals surface area contributed by atoms with Gasteiger partial charge in [0.2, 0.25) is 0 Å². The lowest BCUT2D eigenvalue weighted by Gasteiger charge is -2.30. The normalized spacial score (nSPS) is 15.6. The van der Waals surface area contributed by atoms with E-state index in [1.54, 1.807) is 13.2 Å². The number of benzene rings is 1. The minimum atomic E-state index is -0.263. The minimum Gasteiger partial charge on any atom is -0.493 e. The molecule has 0 aromatic heterocycles. The van der Waals surface area contributed by atoms with Crippen molar-refractivity contribution >= 4 is 5.69 Å². The summed E-state index contributed by atoms with van der Waals surface area (Å²) in [4.78, 5) is 2.02. The summed E-state index contributed by atoms with van der Waals surface area (Å²) in [5.41, 5.74) is 0.580. The van der Waals surface area contributed by atoms with Gasteiger partial charge in [-0.3, -0.25) is 0 Å². The average Bonchev–Trinajstić information content (AvgIpc) is 2.40. The molecule has 1 aliphatic rings. The van der Waals surface area contributed by atoms with Crippen LogP contribution in [0.1, 0.15) is 6.92 Å². The van der Waals surface area contributed by atoms with Gasteiger partial charge in [-0.15, -0.1) is 0 Å². The Morgan fingerprint density at radius 1 is 1.28 bits per heavy atom. The summed E-state index contributed by atoms with van der Waals surface area (Å²) in [6.45, 7) is 5.69. The number of anilines is 1. The maximum absolute atomic E-state index is 14.1. The van der Waals surface area contributed by atoms with Crippen molar-refractivity contribution in [1.29, 1.82) is 0 Å². The van der Waals surface area contributed by atoms with Crippen molar-refractivity contribution in [3.63, 3.8) is 0 Å². The third kappa shape index (κ3) is 2.67. The molecule has 0 aliphatic carbocycles. The predicted molar refractivity (Wildman–Crippen MR) is 69.2 cm³/mol. The number of nitrogens with one attached hydrogen (secondary N) is 1. The average molecular weight is 254 g/mol. The fourth-order valence-electron chi connectivity index (χ4n) is 2.10. The molecule has 100 valence electrons. The van der Waals surface area contributed by atoms with Crippen molar-refractivity contribution in [2.24, 2.45) is 0 Å². The topological polar surface area (TPSA) is 33.7 Å². The second-order valence-corrected chi connectivity index (χ2v) is 4.12. The highest BCUT2D eigenvalue weighted by molar-refractivity contribution is 5.57. The number of rotatable bonds is 4. The molecule has 1 aromatic carbocycles. The summed E-state index contributed by atoms with van der Waals surface area (Å²) >= 11 is 0. The Morgan fingerprint density at radius 3 is 2.61 bits per heavy atom. The lowest BCUT2D eigenvalue weighted by Crippen LogP contribution is -2.43. The van der Waals surface area contributed by atoms with Crippen LogP contribution in [0.4, 0.5) is 10.1 Å². The highest BCUT2D eigenvalue weighted by Gasteiger charge is 2.18. The molecular weight excluding hydrogens is 235 g/mol. The Kier molecular flexibility index (Phi) is 4.25. The van der Waals surface area contributed by atoms with Crippen LogP contribution in [-0.2, 0) is 0 Å². The van der Waals surface area contributed by atoms with E-state index in [1.807, 2.05) is 11.8 Å². The lowest BCUT2D eigenvalue weighted by molar-refractivity contribution is 0.309. The van der Waals surface area contributed by atoms with Gasteiger partial charge in [-0.1, -0.05) is 0 Å². The molecular formula is C13H19FN2O2. The molecule has 0 spiro atoms. The SMILES string of the molecule is CCOc1cc(F)c(N2CCNCC2)cc1OC. The summed E-state index contributed by atoms with van der Waals surface area (Å²) in [7, 11) is 1.57. The van der Waals surface area contributed by atoms with E-state index in [2.05, 4.69) is 5.32 Å². The van der Waals surface area contributed by atoms with Gasteiger partial charge >= 0.3 is 0 Å². The molecule has 4 nitrogen and oxygen atoms in total. The molecule has 1 fully saturated rings. The zero-order valence-electron chi connectivity index (χ0n) is 10.8. The maximum atomic E-state index is 14.1. The fourth-order valence-corrected chi connectivity index (χ4v) is 2.10. The van der Waals surface area contributed by atoms with E-state index in [9.17, 15) is 4.39 Å². The number of hydrogen-bond acceptors (Lipinski definition) is 4. The Hall–Kier alpha value is -1.49. The highest BCUT2D eigenvalue weighted by atomic mass is 19.1. The number of methoxy groups -OCH3 is 1. The summed E-state index contributed by atoms with van der Waals surface area (Å²) in [5, 5.41) is 3.24. The second-order valence-electron chi connectivity index (χ2n) is 4.12. The summed E-state index contributed by atoms with van der Waals surface area (Å²) in [6, 6.07) is 3.12. The van der Waals surface area contributed by atoms with E-state index in [0.717, 1.165) is 26.2 Å². The number of nitrogens with zero attached hydrogens (tertiary/aromatic N) is 1. The van der Waals surface area contributed by atoms with Crippen molar-refractivity contribution in [3.05, 3.63) is 17.9 Å². The van der Waals surface area contributed by atoms with E-state index in [4.69, 9.17) is 9.47 Å². The number of hydrogen-bond donors (Lipinski definition) is 1. The molecule has 1 heterocycles. The first-order valence-corrected chi connectivity index (χ1v) is 6.22. The van der Waals surface area contributed by atoms with Crippen LogP contribution in [0, 0.1) is 5.82 Å². The van der Waals surface area contributed by atoms with Gasteiger partial charge in [-0.25, -0.2) is 4.39 Å². The third-order valence-electron chi connectivity index (χ3n) is 2.99. The quantitative estimate of drug-likeness (QED) is 0.885. The van der Waals surface area contributed by atoms with Crippen LogP contribution >= 0.6 is 0 Å². The molecule has 0 atom stereocenters. The predicted octanol–water partition coefficient (Wildman–Crippen LogP) is 1.64. The van der Waals surface area contributed by atoms with Gasteiger partial charge in [0.1, 0.15) is 5.82 Å². The first-order chi connectivity index (χ1) is 8.76. The molecule has 0 amide bonds. The Bertz CT molecular complexity index is 406. The van der Waals surface area contributed by atoms with Gasteiger partial charge in [0.25, 0.3) is 0 Å². The van der Waals surface area contributed by atoms with Gasteiger partial charge in [-0.2, -0.15) is 0 Å². The molecule has 18 heavy (non-hydrogen) atoms. The summed E-state index contributed by atoms with van der Waals surface area (Å²) < 4.78 is 24.7. The van der Waals surface area contributed by atoms with Crippen molar-refractivity contribution < 1.29 is 13.9 Å². The second kappa shape index (κ2) is 5.91. The summed E-state index contributed by atoms with van der Waals surface area (Å²) in [5.74, 6) is 0.768. The molecule has 0 saturated carbocycles. The van der Waals surface area contributed by atoms with E-state index in [1.165, 1.54) is 6.07 Å². The van der Waals surface area contributed by atoms with Crippen molar-refractivity contribution in [3.8, 4) is 11.5 Å². The van der Waals surface area contributed by atoms with Crippen molar-refractivity contribution in [2.45, 2.75) is 6.92 Å². The number of halogens is 1. The smallest absolute Gasteiger partial charge is 0.164 e. The first-order valence-electron chi connectivity index (χ1n) is 6.22. The van der Waals surface area contributed by atoms with Gasteiger partial charge in [0, 0.05) is 38.3 Å². The number of piperazine rings is 1. The van der Waals surface area contributed by atoms with Gasteiger partial charge < -0.3 is 19.7 Å². The minimum absolute atomic E-state index is 0.263. The van der Waals surface area contributed by atoms with E-state index in [-0.39, 0.29) is 5.82 Å². The monoisotopic (exact) mass is 254 g/mol. The van der Waals surface area contributed by atoms with Crippen LogP contribution in [0.25, 0.3) is 0 Å². The van der Waals surface area contributed by atoms with Crippen LogP contribution < -0.4 is 19.7 Å². The highest BCUT2D eigenvalue weighted by Crippen LogP contribution is 2.34. The molecule has 1 aromatic rings. The maximum Gasteiger partial charge on any atom is 0.164 e. The zero-order chi connectivity index (χ0) is 13.0. The Morgan fingerprint density at radius 2 is 2.00 bits per heavy atom. The largest absolute Gasteiger partial charge is 0.493 e. The molecule has 0 radical (unpaired) electrons. The van der Waals surface area contributed by atoms with Gasteiger partial charge in [0.15, 0.2) is 11.5 Å². The van der Waals surface area contributed by atoms with E-state index < -0.39 is 0 Å². The van der Waals surface area contributed by atoms with Crippen molar-refractivity contribution in [1.82, 2.24) is 5.32 Å². The van der Waals surface area contributed by atoms with E-state index >= 15 is 0 Å². The standard InChI is InChI=1S/C13H19FN2O2/c1-3-18-13-8-10(14)11(9-12(13)17-2)16-6-4-15-5-7-16/h8-9,15H,3-7H2,1-2H3. The molecule has 0 bridgehead atoms. The zero-order valence-corrected chi connectivity index (χ0v) is 10.8. The molecule has 1 aliphatic heterocycles. The van der Waals surface area contributed by atoms with Crippen LogP contribution in [0.2, 0.25) is 0 Å². The Labute approximate surface area is 107 Å². The van der Waals surface area contributed by atoms with Gasteiger partial charge in [0.05, 0.1) is 19.4 Å². The van der Waals surface area contributed by atoms with Crippen LogP contribution in [0.5, 0.6) is 11.5 Å². The molecule has 2 rings (SSSR count). The fraction of sp³-hybridized carbons (Fsp3) is 0.538. The van der Waals surface area contributed by atoms with Crippen molar-refractivity contribution in [2.75, 3.05) is 44.8 Å². The van der Waals surface area contributed by atoms with Crippen LogP contribution in [0.3, 0.4) is 0 Å². The third-order valence-corrected chi connectivity index (χ3v) is 2.99. The Balaban J connectivity index is 2.29. The first kappa shape index (κ1) is 13.0. The molecule has 1 N–H and O–H groups in total. The van der Waals surface area contributed by atoms with Gasteiger partial charge in [-0.05, 0) is 6.92 Å². The van der Waals surface area contributed by atoms with Crippen LogP contribution in [-0.4, -0.2) is 39.9 Å². The molecule has 1 saturated heterocycles. The molecule has 5 heteroatoms. The summed E-state index contributed by atoms with van der Waals surface area (Å²) in [6.07, 6.45) is 0. The molecule has 0 unspecified atom stereocenters. The van der Waals surface area contributed by atoms with Crippen LogP contribution in [0.15, 0.2) is 12.1 Å².